The first kappa shape index (κ1) is 14.9. The van der Waals surface area contributed by atoms with Crippen LogP contribution in [-0.4, -0.2) is 9.91 Å². The molecule has 0 N–H and O–H groups in total. The van der Waals surface area contributed by atoms with Crippen molar-refractivity contribution in [1.82, 2.24) is 4.98 Å². The summed E-state index contributed by atoms with van der Waals surface area (Å²) in [5.41, 5.74) is 1.72. The zero-order chi connectivity index (χ0) is 14.7. The zero-order valence-corrected chi connectivity index (χ0v) is 13.6. The van der Waals surface area contributed by atoms with Crippen molar-refractivity contribution < 1.29 is 9.66 Å². The Labute approximate surface area is 132 Å². The third kappa shape index (κ3) is 3.16. The van der Waals surface area contributed by atoms with Crippen molar-refractivity contribution in [1.29, 1.82) is 0 Å². The van der Waals surface area contributed by atoms with E-state index in [1.807, 2.05) is 13.0 Å². The van der Waals surface area contributed by atoms with Gasteiger partial charge in [0.2, 0.25) is 11.6 Å². The van der Waals surface area contributed by atoms with Gasteiger partial charge in [-0.05, 0) is 40.5 Å². The minimum Gasteiger partial charge on any atom is -0.430 e. The number of halogens is 2. The molecule has 0 fully saturated rings. The molecule has 0 amide bonds. The van der Waals surface area contributed by atoms with Gasteiger partial charge in [0.15, 0.2) is 0 Å². The van der Waals surface area contributed by atoms with Crippen molar-refractivity contribution >= 4 is 37.5 Å². The van der Waals surface area contributed by atoms with Crippen molar-refractivity contribution in [2.24, 2.45) is 0 Å². The van der Waals surface area contributed by atoms with Gasteiger partial charge in [-0.15, -0.1) is 0 Å². The highest BCUT2D eigenvalue weighted by Crippen LogP contribution is 2.38. The Morgan fingerprint density at radius 3 is 2.80 bits per heavy atom. The lowest BCUT2D eigenvalue weighted by molar-refractivity contribution is -0.385. The summed E-state index contributed by atoms with van der Waals surface area (Å²) in [6.45, 7) is 1.84. The molecule has 2 aromatic rings. The van der Waals surface area contributed by atoms with Crippen molar-refractivity contribution in [2.45, 2.75) is 12.3 Å². The topological polar surface area (TPSA) is 65.3 Å². The third-order valence-corrected chi connectivity index (χ3v) is 3.85. The molecular formula is C13H10Br2N2O3. The summed E-state index contributed by atoms with van der Waals surface area (Å²) in [6, 6.07) is 6.58. The van der Waals surface area contributed by atoms with Crippen LogP contribution in [0.5, 0.6) is 11.6 Å². The molecule has 0 aliphatic rings. The maximum atomic E-state index is 11.0. The van der Waals surface area contributed by atoms with E-state index < -0.39 is 4.92 Å². The first-order chi connectivity index (χ1) is 9.52. The number of nitro benzene ring substituents is 1. The fourth-order valence-corrected chi connectivity index (χ4v) is 2.38. The van der Waals surface area contributed by atoms with Gasteiger partial charge in [-0.2, -0.15) is 0 Å². The Balaban J connectivity index is 2.42. The van der Waals surface area contributed by atoms with Crippen LogP contribution in [0.25, 0.3) is 0 Å². The van der Waals surface area contributed by atoms with E-state index in [0.717, 1.165) is 11.1 Å². The van der Waals surface area contributed by atoms with Gasteiger partial charge < -0.3 is 4.74 Å². The predicted octanol–water partition coefficient (Wildman–Crippen LogP) is 4.75. The number of aryl methyl sites for hydroxylation is 1. The highest BCUT2D eigenvalue weighted by molar-refractivity contribution is 9.10. The maximum absolute atomic E-state index is 11.0. The predicted molar refractivity (Wildman–Crippen MR) is 82.5 cm³/mol. The van der Waals surface area contributed by atoms with Crippen LogP contribution in [0, 0.1) is 17.0 Å². The lowest BCUT2D eigenvalue weighted by Crippen LogP contribution is -1.97. The third-order valence-electron chi connectivity index (χ3n) is 2.58. The van der Waals surface area contributed by atoms with Gasteiger partial charge in [-0.3, -0.25) is 10.1 Å². The standard InChI is InChI=1S/C13H10Br2N2O3/c1-8-5-9(6-14)7-16-13(8)20-12-10(15)3-2-4-11(12)17(18)19/h2-5,7H,6H2,1H3. The highest BCUT2D eigenvalue weighted by Gasteiger charge is 2.19. The number of nitrogens with zero attached hydrogens (tertiary/aromatic N) is 2. The average molecular weight is 402 g/mol. The SMILES string of the molecule is Cc1cc(CBr)cnc1Oc1c(Br)cccc1[N+](=O)[O-]. The molecule has 1 aromatic carbocycles. The van der Waals surface area contributed by atoms with Crippen LogP contribution in [0.15, 0.2) is 34.9 Å². The molecular weight excluding hydrogens is 392 g/mol. The highest BCUT2D eigenvalue weighted by atomic mass is 79.9. The maximum Gasteiger partial charge on any atom is 0.312 e. The molecule has 0 aliphatic heterocycles. The molecule has 20 heavy (non-hydrogen) atoms. The van der Waals surface area contributed by atoms with E-state index in [1.54, 1.807) is 18.3 Å². The van der Waals surface area contributed by atoms with Gasteiger partial charge >= 0.3 is 5.69 Å². The van der Waals surface area contributed by atoms with Crippen LogP contribution in [0.2, 0.25) is 0 Å². The van der Waals surface area contributed by atoms with E-state index in [-0.39, 0.29) is 11.4 Å². The van der Waals surface area contributed by atoms with Crippen LogP contribution >= 0.6 is 31.9 Å². The monoisotopic (exact) mass is 400 g/mol. The summed E-state index contributed by atoms with van der Waals surface area (Å²) in [4.78, 5) is 14.7. The number of alkyl halides is 1. The Bertz CT molecular complexity index is 662. The van der Waals surface area contributed by atoms with Crippen LogP contribution in [-0.2, 0) is 5.33 Å². The van der Waals surface area contributed by atoms with Gasteiger partial charge in [0.25, 0.3) is 0 Å². The summed E-state index contributed by atoms with van der Waals surface area (Å²) in [6.07, 6.45) is 1.67. The number of pyridine rings is 1. The molecule has 2 rings (SSSR count). The van der Waals surface area contributed by atoms with E-state index in [4.69, 9.17) is 4.74 Å². The molecule has 0 saturated heterocycles. The summed E-state index contributed by atoms with van der Waals surface area (Å²) in [7, 11) is 0. The molecule has 0 bridgehead atoms. The Kier molecular flexibility index (Phi) is 4.72. The minimum absolute atomic E-state index is 0.106. The lowest BCUT2D eigenvalue weighted by Gasteiger charge is -2.10. The molecule has 0 saturated carbocycles. The average Bonchev–Trinajstić information content (AvgIpc) is 2.42. The van der Waals surface area contributed by atoms with Crippen LogP contribution < -0.4 is 4.74 Å². The summed E-state index contributed by atoms with van der Waals surface area (Å²) >= 11 is 6.61. The van der Waals surface area contributed by atoms with E-state index in [0.29, 0.717) is 15.7 Å². The summed E-state index contributed by atoms with van der Waals surface area (Å²) in [5, 5.41) is 11.7. The number of rotatable bonds is 4. The van der Waals surface area contributed by atoms with Gasteiger partial charge in [-0.25, -0.2) is 4.98 Å². The largest absolute Gasteiger partial charge is 0.430 e. The molecule has 0 unspecified atom stereocenters. The Morgan fingerprint density at radius 2 is 2.20 bits per heavy atom. The van der Waals surface area contributed by atoms with Crippen molar-refractivity contribution in [2.75, 3.05) is 0 Å². The number of para-hydroxylation sites is 1. The van der Waals surface area contributed by atoms with Gasteiger partial charge in [0.1, 0.15) is 0 Å². The van der Waals surface area contributed by atoms with Crippen LogP contribution in [0.1, 0.15) is 11.1 Å². The van der Waals surface area contributed by atoms with Crippen molar-refractivity contribution in [3.05, 3.63) is 56.2 Å². The number of nitro groups is 1. The molecule has 104 valence electrons. The van der Waals surface area contributed by atoms with Crippen LogP contribution in [0.3, 0.4) is 0 Å². The van der Waals surface area contributed by atoms with E-state index >= 15 is 0 Å². The van der Waals surface area contributed by atoms with Gasteiger partial charge in [0.05, 0.1) is 9.40 Å². The smallest absolute Gasteiger partial charge is 0.312 e. The van der Waals surface area contributed by atoms with E-state index in [2.05, 4.69) is 36.8 Å². The molecule has 7 heteroatoms. The number of ether oxygens (including phenoxy) is 1. The second kappa shape index (κ2) is 6.32. The first-order valence-electron chi connectivity index (χ1n) is 5.65. The second-order valence-electron chi connectivity index (χ2n) is 4.05. The minimum atomic E-state index is -0.484. The Morgan fingerprint density at radius 1 is 1.45 bits per heavy atom. The Hall–Kier alpha value is -1.47. The molecule has 0 aliphatic carbocycles. The lowest BCUT2D eigenvalue weighted by atomic mass is 10.2. The van der Waals surface area contributed by atoms with Crippen molar-refractivity contribution in [3.8, 4) is 11.6 Å². The van der Waals surface area contributed by atoms with E-state index in [9.17, 15) is 10.1 Å². The van der Waals surface area contributed by atoms with E-state index in [1.165, 1.54) is 6.07 Å². The second-order valence-corrected chi connectivity index (χ2v) is 5.46. The molecule has 0 radical (unpaired) electrons. The van der Waals surface area contributed by atoms with Crippen molar-refractivity contribution in [3.63, 3.8) is 0 Å². The zero-order valence-electron chi connectivity index (χ0n) is 10.5. The quantitative estimate of drug-likeness (QED) is 0.421. The van der Waals surface area contributed by atoms with Gasteiger partial charge in [-0.1, -0.05) is 22.0 Å². The molecule has 0 spiro atoms. The number of benzene rings is 1. The molecule has 1 heterocycles. The molecule has 5 nitrogen and oxygen atoms in total. The number of hydrogen-bond donors (Lipinski definition) is 0. The fourth-order valence-electron chi connectivity index (χ4n) is 1.64. The van der Waals surface area contributed by atoms with Crippen LogP contribution in [0.4, 0.5) is 5.69 Å². The summed E-state index contributed by atoms with van der Waals surface area (Å²) in [5.74, 6) is 0.504. The number of aromatic nitrogens is 1. The van der Waals surface area contributed by atoms with Gasteiger partial charge in [0, 0.05) is 23.2 Å². The molecule has 0 atom stereocenters. The summed E-state index contributed by atoms with van der Waals surface area (Å²) < 4.78 is 6.13. The number of hydrogen-bond acceptors (Lipinski definition) is 4. The first-order valence-corrected chi connectivity index (χ1v) is 7.56. The molecule has 1 aromatic heterocycles. The normalized spacial score (nSPS) is 10.3. The fraction of sp³-hybridized carbons (Fsp3) is 0.154.